The van der Waals surface area contributed by atoms with Crippen LogP contribution in [0, 0.1) is 0 Å². The van der Waals surface area contributed by atoms with Gasteiger partial charge in [-0.3, -0.25) is 4.79 Å². The van der Waals surface area contributed by atoms with Crippen LogP contribution in [-0.4, -0.2) is 16.4 Å². The highest BCUT2D eigenvalue weighted by atomic mass is 32.1. The van der Waals surface area contributed by atoms with Crippen LogP contribution in [0.4, 0.5) is 0 Å². The smallest absolute Gasteiger partial charge is 0.227 e. The van der Waals surface area contributed by atoms with Gasteiger partial charge in [0, 0.05) is 5.54 Å². The van der Waals surface area contributed by atoms with E-state index in [-0.39, 0.29) is 22.9 Å². The minimum absolute atomic E-state index is 0.120. The molecule has 0 bridgehead atoms. The van der Waals surface area contributed by atoms with Gasteiger partial charge < -0.3 is 11.1 Å². The Morgan fingerprint density at radius 1 is 1.55 bits per heavy atom. The van der Waals surface area contributed by atoms with Gasteiger partial charge in [-0.05, 0) is 20.8 Å². The third-order valence-electron chi connectivity index (χ3n) is 0.849. The van der Waals surface area contributed by atoms with E-state index in [4.69, 9.17) is 5.73 Å². The quantitative estimate of drug-likeness (QED) is 0.602. The normalized spacial score (nSPS) is 10.8. The lowest BCUT2D eigenvalue weighted by molar-refractivity contribution is -0.121. The third-order valence-corrected chi connectivity index (χ3v) is 0.994. The maximum absolute atomic E-state index is 11.0. The Balaban J connectivity index is 3.80. The molecule has 11 heavy (non-hydrogen) atoms. The van der Waals surface area contributed by atoms with Crippen LogP contribution in [0.3, 0.4) is 0 Å². The minimum Gasteiger partial charge on any atom is -0.393 e. The molecule has 0 fully saturated rings. The Morgan fingerprint density at radius 2 is 2.00 bits per heavy atom. The molecule has 1 amide bonds. The lowest BCUT2D eigenvalue weighted by Gasteiger charge is -2.20. The van der Waals surface area contributed by atoms with E-state index in [2.05, 4.69) is 17.5 Å². The average Bonchev–Trinajstić information content (AvgIpc) is 1.53. The van der Waals surface area contributed by atoms with Crippen LogP contribution in [0.15, 0.2) is 0 Å². The second-order valence-electron chi connectivity index (χ2n) is 3.44. The predicted octanol–water partition coefficient (Wildman–Crippen LogP) is 0.577. The zero-order valence-electron chi connectivity index (χ0n) is 7.10. The van der Waals surface area contributed by atoms with Gasteiger partial charge in [-0.15, -0.1) is 0 Å². The summed E-state index contributed by atoms with van der Waals surface area (Å²) in [6.07, 6.45) is 0.132. The SMILES string of the molecule is CC(C)(C)NC(=O)CC(N)=S. The van der Waals surface area contributed by atoms with Gasteiger partial charge in [-0.25, -0.2) is 0 Å². The average molecular weight is 174 g/mol. The van der Waals surface area contributed by atoms with Gasteiger partial charge in [-0.1, -0.05) is 12.2 Å². The van der Waals surface area contributed by atoms with E-state index in [1.165, 1.54) is 0 Å². The first-order valence-corrected chi connectivity index (χ1v) is 3.81. The van der Waals surface area contributed by atoms with E-state index in [0.717, 1.165) is 0 Å². The van der Waals surface area contributed by atoms with E-state index >= 15 is 0 Å². The van der Waals surface area contributed by atoms with E-state index < -0.39 is 0 Å². The van der Waals surface area contributed by atoms with Gasteiger partial charge in [0.1, 0.15) is 0 Å². The first-order valence-electron chi connectivity index (χ1n) is 3.40. The number of amides is 1. The number of thiocarbonyl (C=S) groups is 1. The Kier molecular flexibility index (Phi) is 3.45. The number of hydrogen-bond acceptors (Lipinski definition) is 2. The highest BCUT2D eigenvalue weighted by molar-refractivity contribution is 7.80. The third kappa shape index (κ3) is 7.25. The molecule has 0 aliphatic carbocycles. The molecule has 0 saturated heterocycles. The lowest BCUT2D eigenvalue weighted by Crippen LogP contribution is -2.41. The van der Waals surface area contributed by atoms with Gasteiger partial charge in [0.15, 0.2) is 0 Å². The Morgan fingerprint density at radius 3 is 2.27 bits per heavy atom. The van der Waals surface area contributed by atoms with Gasteiger partial charge in [0.25, 0.3) is 0 Å². The van der Waals surface area contributed by atoms with Crippen molar-refractivity contribution in [1.82, 2.24) is 5.32 Å². The zero-order chi connectivity index (χ0) is 9.07. The molecule has 3 N–H and O–H groups in total. The van der Waals surface area contributed by atoms with Crippen LogP contribution in [0.2, 0.25) is 0 Å². The van der Waals surface area contributed by atoms with Crippen molar-refractivity contribution in [3.63, 3.8) is 0 Å². The standard InChI is InChI=1S/C7H14N2OS/c1-7(2,3)9-6(10)4-5(8)11/h4H2,1-3H3,(H2,8,11)(H,9,10). The summed E-state index contributed by atoms with van der Waals surface area (Å²) in [7, 11) is 0. The van der Waals surface area contributed by atoms with Crippen molar-refractivity contribution in [2.24, 2.45) is 5.73 Å². The van der Waals surface area contributed by atoms with Gasteiger partial charge >= 0.3 is 0 Å². The number of rotatable bonds is 2. The predicted molar refractivity (Wildman–Crippen MR) is 49.3 cm³/mol. The number of carbonyl (C=O) groups excluding carboxylic acids is 1. The minimum atomic E-state index is -0.206. The maximum atomic E-state index is 11.0. The molecule has 0 heterocycles. The topological polar surface area (TPSA) is 55.1 Å². The summed E-state index contributed by atoms with van der Waals surface area (Å²) in [6.45, 7) is 5.72. The Labute approximate surface area is 72.3 Å². The molecular formula is C7H14N2OS. The van der Waals surface area contributed by atoms with Crippen molar-refractivity contribution in [1.29, 1.82) is 0 Å². The van der Waals surface area contributed by atoms with E-state index in [0.29, 0.717) is 0 Å². The van der Waals surface area contributed by atoms with Crippen LogP contribution < -0.4 is 11.1 Å². The molecule has 0 aromatic heterocycles. The van der Waals surface area contributed by atoms with Crippen LogP contribution in [-0.2, 0) is 4.79 Å². The molecule has 0 aliphatic heterocycles. The van der Waals surface area contributed by atoms with Gasteiger partial charge in [0.05, 0.1) is 11.4 Å². The summed E-state index contributed by atoms with van der Waals surface area (Å²) in [5, 5.41) is 2.74. The fraction of sp³-hybridized carbons (Fsp3) is 0.714. The summed E-state index contributed by atoms with van der Waals surface area (Å²) >= 11 is 4.58. The van der Waals surface area contributed by atoms with Gasteiger partial charge in [0.2, 0.25) is 5.91 Å². The van der Waals surface area contributed by atoms with Crippen molar-refractivity contribution in [3.05, 3.63) is 0 Å². The van der Waals surface area contributed by atoms with Crippen LogP contribution in [0.1, 0.15) is 27.2 Å². The molecule has 0 aromatic carbocycles. The van der Waals surface area contributed by atoms with Crippen molar-refractivity contribution in [2.45, 2.75) is 32.7 Å². The fourth-order valence-corrected chi connectivity index (χ4v) is 0.752. The second-order valence-corrected chi connectivity index (χ2v) is 3.97. The summed E-state index contributed by atoms with van der Waals surface area (Å²) in [6, 6.07) is 0. The van der Waals surface area contributed by atoms with Crippen LogP contribution >= 0.6 is 12.2 Å². The molecule has 0 rings (SSSR count). The maximum Gasteiger partial charge on any atom is 0.227 e. The lowest BCUT2D eigenvalue weighted by atomic mass is 10.1. The number of hydrogen-bond donors (Lipinski definition) is 2. The molecule has 0 aromatic rings. The molecule has 64 valence electrons. The number of nitrogens with two attached hydrogens (primary N) is 1. The van der Waals surface area contributed by atoms with E-state index in [1.54, 1.807) is 0 Å². The first kappa shape index (κ1) is 10.4. The molecule has 3 nitrogen and oxygen atoms in total. The summed E-state index contributed by atoms with van der Waals surface area (Å²) in [4.78, 5) is 11.2. The zero-order valence-corrected chi connectivity index (χ0v) is 7.92. The number of carbonyl (C=O) groups is 1. The summed E-state index contributed by atoms with van der Waals surface area (Å²) < 4.78 is 0. The van der Waals surface area contributed by atoms with Crippen molar-refractivity contribution < 1.29 is 4.79 Å². The number of nitrogens with one attached hydrogen (secondary N) is 1. The van der Waals surface area contributed by atoms with E-state index in [1.807, 2.05) is 20.8 Å². The summed E-state index contributed by atoms with van der Waals surface area (Å²) in [5.41, 5.74) is 4.98. The summed E-state index contributed by atoms with van der Waals surface area (Å²) in [5.74, 6) is -0.120. The largest absolute Gasteiger partial charge is 0.393 e. The second kappa shape index (κ2) is 3.67. The monoisotopic (exact) mass is 174 g/mol. The highest BCUT2D eigenvalue weighted by Crippen LogP contribution is 1.98. The molecule has 0 atom stereocenters. The molecule has 0 saturated carbocycles. The van der Waals surface area contributed by atoms with Crippen molar-refractivity contribution in [3.8, 4) is 0 Å². The Bertz CT molecular complexity index is 172. The van der Waals surface area contributed by atoms with Crippen molar-refractivity contribution in [2.75, 3.05) is 0 Å². The van der Waals surface area contributed by atoms with Gasteiger partial charge in [-0.2, -0.15) is 0 Å². The molecule has 0 unspecified atom stereocenters. The van der Waals surface area contributed by atoms with E-state index in [9.17, 15) is 4.79 Å². The first-order chi connectivity index (χ1) is 4.81. The van der Waals surface area contributed by atoms with Crippen LogP contribution in [0.25, 0.3) is 0 Å². The highest BCUT2D eigenvalue weighted by Gasteiger charge is 2.13. The Hall–Kier alpha value is -0.640. The molecule has 0 spiro atoms. The molecule has 0 radical (unpaired) electrons. The fourth-order valence-electron chi connectivity index (χ4n) is 0.621. The molecule has 0 aliphatic rings. The molecule has 4 heteroatoms. The van der Waals surface area contributed by atoms with Crippen molar-refractivity contribution >= 4 is 23.1 Å². The van der Waals surface area contributed by atoms with Crippen LogP contribution in [0.5, 0.6) is 0 Å². The molecular weight excluding hydrogens is 160 g/mol.